The highest BCUT2D eigenvalue weighted by Gasteiger charge is 2.01. The third-order valence-corrected chi connectivity index (χ3v) is 3.12. The van der Waals surface area contributed by atoms with E-state index in [4.69, 9.17) is 0 Å². The number of benzene rings is 2. The van der Waals surface area contributed by atoms with E-state index in [1.165, 1.54) is 28.8 Å². The molecule has 3 heteroatoms. The molecule has 0 aliphatic rings. The molecule has 2 rings (SSSR count). The summed E-state index contributed by atoms with van der Waals surface area (Å²) < 4.78 is 26.1. The number of rotatable bonds is 5. The molecule has 0 amide bonds. The Hall–Kier alpha value is -1.74. The molecule has 0 spiro atoms. The van der Waals surface area contributed by atoms with Crippen LogP contribution in [0.15, 0.2) is 36.4 Å². The summed E-state index contributed by atoms with van der Waals surface area (Å²) in [6.07, 6.45) is 0.611. The lowest BCUT2D eigenvalue weighted by atomic mass is 10.1. The number of hydrogen-bond acceptors (Lipinski definition) is 1. The van der Waals surface area contributed by atoms with Gasteiger partial charge in [-0.25, -0.2) is 8.78 Å². The van der Waals surface area contributed by atoms with Gasteiger partial charge in [0, 0.05) is 12.6 Å². The average molecular weight is 275 g/mol. The van der Waals surface area contributed by atoms with Crippen LogP contribution in [0.2, 0.25) is 0 Å². The van der Waals surface area contributed by atoms with Crippen LogP contribution in [0.3, 0.4) is 0 Å². The topological polar surface area (TPSA) is 12.0 Å². The van der Waals surface area contributed by atoms with Crippen molar-refractivity contribution in [2.24, 2.45) is 0 Å². The van der Waals surface area contributed by atoms with Crippen molar-refractivity contribution in [1.82, 2.24) is 5.32 Å². The highest BCUT2D eigenvalue weighted by molar-refractivity contribution is 5.28. The third kappa shape index (κ3) is 4.42. The fourth-order valence-corrected chi connectivity index (χ4v) is 2.39. The second-order valence-electron chi connectivity index (χ2n) is 5.20. The minimum Gasteiger partial charge on any atom is -0.312 e. The zero-order chi connectivity index (χ0) is 14.5. The zero-order valence-electron chi connectivity index (χ0n) is 11.8. The Kier molecular flexibility index (Phi) is 4.85. The van der Waals surface area contributed by atoms with Crippen LogP contribution in [0.25, 0.3) is 0 Å². The van der Waals surface area contributed by atoms with E-state index in [0.29, 0.717) is 18.5 Å². The predicted octanol–water partition coefficient (Wildman–Crippen LogP) is 3.91. The molecule has 0 unspecified atom stereocenters. The quantitative estimate of drug-likeness (QED) is 0.816. The van der Waals surface area contributed by atoms with E-state index in [0.717, 1.165) is 12.6 Å². The lowest BCUT2D eigenvalue weighted by molar-refractivity contribution is 0.577. The first-order valence-electron chi connectivity index (χ1n) is 6.76. The van der Waals surface area contributed by atoms with Gasteiger partial charge in [-0.2, -0.15) is 0 Å². The highest BCUT2D eigenvalue weighted by Crippen LogP contribution is 2.10. The molecule has 1 nitrogen and oxygen atoms in total. The van der Waals surface area contributed by atoms with Crippen molar-refractivity contribution < 1.29 is 8.78 Å². The second kappa shape index (κ2) is 6.62. The number of aryl methyl sites for hydroxylation is 2. The zero-order valence-corrected chi connectivity index (χ0v) is 11.8. The smallest absolute Gasteiger partial charge is 0.126 e. The van der Waals surface area contributed by atoms with E-state index < -0.39 is 11.6 Å². The van der Waals surface area contributed by atoms with Crippen molar-refractivity contribution >= 4 is 0 Å². The summed E-state index contributed by atoms with van der Waals surface area (Å²) in [6, 6.07) is 10.1. The van der Waals surface area contributed by atoms with Gasteiger partial charge >= 0.3 is 0 Å². The summed E-state index contributed by atoms with van der Waals surface area (Å²) in [6.45, 7) is 5.61. The number of nitrogens with one attached hydrogen (secondary N) is 1. The monoisotopic (exact) mass is 275 g/mol. The maximum Gasteiger partial charge on any atom is 0.126 e. The van der Waals surface area contributed by atoms with Gasteiger partial charge in [0.15, 0.2) is 0 Å². The molecular weight excluding hydrogens is 256 g/mol. The van der Waals surface area contributed by atoms with Crippen molar-refractivity contribution in [3.8, 4) is 0 Å². The van der Waals surface area contributed by atoms with E-state index in [1.807, 2.05) is 0 Å². The summed E-state index contributed by atoms with van der Waals surface area (Å²) >= 11 is 0. The second-order valence-corrected chi connectivity index (χ2v) is 5.20. The Labute approximate surface area is 118 Å². The molecule has 0 saturated carbocycles. The van der Waals surface area contributed by atoms with Crippen LogP contribution >= 0.6 is 0 Å². The molecule has 0 atom stereocenters. The van der Waals surface area contributed by atoms with Gasteiger partial charge in [0.25, 0.3) is 0 Å². The third-order valence-electron chi connectivity index (χ3n) is 3.12. The molecule has 0 saturated heterocycles. The van der Waals surface area contributed by atoms with Crippen LogP contribution in [0.1, 0.15) is 22.3 Å². The van der Waals surface area contributed by atoms with Gasteiger partial charge in [0.2, 0.25) is 0 Å². The Morgan fingerprint density at radius 1 is 0.800 bits per heavy atom. The van der Waals surface area contributed by atoms with E-state index >= 15 is 0 Å². The highest BCUT2D eigenvalue weighted by atomic mass is 19.1. The van der Waals surface area contributed by atoms with Crippen molar-refractivity contribution in [3.63, 3.8) is 0 Å². The molecule has 0 heterocycles. The van der Waals surface area contributed by atoms with Gasteiger partial charge in [-0.3, -0.25) is 0 Å². The van der Waals surface area contributed by atoms with Crippen molar-refractivity contribution in [3.05, 3.63) is 70.3 Å². The van der Waals surface area contributed by atoms with Crippen molar-refractivity contribution in [1.29, 1.82) is 0 Å². The molecule has 106 valence electrons. The van der Waals surface area contributed by atoms with E-state index in [-0.39, 0.29) is 0 Å². The molecule has 1 N–H and O–H groups in total. The van der Waals surface area contributed by atoms with Crippen LogP contribution in [0.4, 0.5) is 8.78 Å². The molecule has 0 fully saturated rings. The first kappa shape index (κ1) is 14.7. The Balaban J connectivity index is 1.84. The van der Waals surface area contributed by atoms with Gasteiger partial charge in [-0.1, -0.05) is 29.3 Å². The van der Waals surface area contributed by atoms with Gasteiger partial charge < -0.3 is 5.32 Å². The molecule has 2 aromatic rings. The number of hydrogen-bond donors (Lipinski definition) is 1. The SMILES string of the molecule is Cc1cc(C)cc(CNCCc2cc(F)cc(F)c2)c1. The minimum absolute atomic E-state index is 0.519. The normalized spacial score (nSPS) is 10.8. The van der Waals surface area contributed by atoms with Crippen molar-refractivity contribution in [2.75, 3.05) is 6.54 Å². The fraction of sp³-hybridized carbons (Fsp3) is 0.294. The fourth-order valence-electron chi connectivity index (χ4n) is 2.39. The largest absolute Gasteiger partial charge is 0.312 e. The van der Waals surface area contributed by atoms with Gasteiger partial charge in [-0.05, 0) is 50.1 Å². The molecule has 0 radical (unpaired) electrons. The molecule has 0 bridgehead atoms. The molecule has 2 aromatic carbocycles. The van der Waals surface area contributed by atoms with Crippen LogP contribution in [-0.4, -0.2) is 6.54 Å². The van der Waals surface area contributed by atoms with Crippen LogP contribution in [-0.2, 0) is 13.0 Å². The van der Waals surface area contributed by atoms with Crippen LogP contribution < -0.4 is 5.32 Å². The Morgan fingerprint density at radius 2 is 1.40 bits per heavy atom. The molecule has 0 aliphatic heterocycles. The number of halogens is 2. The van der Waals surface area contributed by atoms with E-state index in [2.05, 4.69) is 37.4 Å². The molecule has 0 aliphatic carbocycles. The van der Waals surface area contributed by atoms with Gasteiger partial charge in [0.05, 0.1) is 0 Å². The Bertz CT molecular complexity index is 500. The minimum atomic E-state index is -0.519. The van der Waals surface area contributed by atoms with Gasteiger partial charge in [-0.15, -0.1) is 0 Å². The van der Waals surface area contributed by atoms with E-state index in [1.54, 1.807) is 0 Å². The molecular formula is C17H19F2N. The lowest BCUT2D eigenvalue weighted by Gasteiger charge is -2.07. The summed E-state index contributed by atoms with van der Waals surface area (Å²) in [4.78, 5) is 0. The Morgan fingerprint density at radius 3 is 2.00 bits per heavy atom. The molecule has 0 aromatic heterocycles. The van der Waals surface area contributed by atoms with Crippen LogP contribution in [0.5, 0.6) is 0 Å². The first-order valence-corrected chi connectivity index (χ1v) is 6.76. The van der Waals surface area contributed by atoms with Gasteiger partial charge in [0.1, 0.15) is 11.6 Å². The summed E-state index contributed by atoms with van der Waals surface area (Å²) in [5.41, 5.74) is 4.39. The maximum atomic E-state index is 13.0. The van der Waals surface area contributed by atoms with E-state index in [9.17, 15) is 8.78 Å². The summed E-state index contributed by atoms with van der Waals surface area (Å²) in [5, 5.41) is 3.30. The standard InChI is InChI=1S/C17H19F2N/c1-12-5-13(2)7-15(6-12)11-20-4-3-14-8-16(18)10-17(19)9-14/h5-10,20H,3-4,11H2,1-2H3. The average Bonchev–Trinajstić information content (AvgIpc) is 2.32. The summed E-state index contributed by atoms with van der Waals surface area (Å²) in [7, 11) is 0. The lowest BCUT2D eigenvalue weighted by Crippen LogP contribution is -2.17. The van der Waals surface area contributed by atoms with Crippen LogP contribution in [0, 0.1) is 25.5 Å². The molecule has 20 heavy (non-hydrogen) atoms. The summed E-state index contributed by atoms with van der Waals surface area (Å²) in [5.74, 6) is -1.04. The van der Waals surface area contributed by atoms with Crippen molar-refractivity contribution in [2.45, 2.75) is 26.8 Å². The first-order chi connectivity index (χ1) is 9.52. The maximum absolute atomic E-state index is 13.0. The predicted molar refractivity (Wildman–Crippen MR) is 77.7 cm³/mol.